The van der Waals surface area contributed by atoms with Crippen molar-refractivity contribution in [3.63, 3.8) is 0 Å². The number of nitrogens with zero attached hydrogens (tertiary/aromatic N) is 3. The van der Waals surface area contributed by atoms with Gasteiger partial charge in [-0.3, -0.25) is 4.99 Å². The summed E-state index contributed by atoms with van der Waals surface area (Å²) in [4.78, 5) is 8.85. The maximum Gasteiger partial charge on any atom is 0.0876 e. The number of para-hydroxylation sites is 2. The van der Waals surface area contributed by atoms with E-state index in [1.807, 2.05) is 30.3 Å². The second-order valence-corrected chi connectivity index (χ2v) is 4.06. The van der Waals surface area contributed by atoms with Crippen LogP contribution in [0.4, 0.5) is 0 Å². The molecular weight excluding hydrogens is 210 g/mol. The van der Waals surface area contributed by atoms with Crippen LogP contribution in [0.2, 0.25) is 0 Å². The van der Waals surface area contributed by atoms with E-state index in [4.69, 9.17) is 0 Å². The predicted molar refractivity (Wildman–Crippen MR) is 68.8 cm³/mol. The van der Waals surface area contributed by atoms with Gasteiger partial charge in [0.2, 0.25) is 0 Å². The molecule has 0 aromatic heterocycles. The van der Waals surface area contributed by atoms with Gasteiger partial charge in [0, 0.05) is 14.1 Å². The summed E-state index contributed by atoms with van der Waals surface area (Å²) in [6, 6.07) is 14.2. The highest BCUT2D eigenvalue weighted by Gasteiger charge is 2.08. The molecule has 0 unspecified atom stereocenters. The molecular formula is C14H13N3. The molecule has 2 aliphatic rings. The van der Waals surface area contributed by atoms with Gasteiger partial charge in [-0.15, -0.1) is 0 Å². The van der Waals surface area contributed by atoms with Crippen LogP contribution in [-0.4, -0.2) is 16.6 Å². The highest BCUT2D eigenvalue weighted by atomic mass is 15.0. The molecule has 3 heteroatoms. The van der Waals surface area contributed by atoms with Crippen molar-refractivity contribution in [2.24, 2.45) is 12.0 Å². The van der Waals surface area contributed by atoms with Crippen molar-refractivity contribution in [2.75, 3.05) is 7.05 Å². The Bertz CT molecular complexity index is 725. The molecule has 17 heavy (non-hydrogen) atoms. The minimum absolute atomic E-state index is 0.977. The van der Waals surface area contributed by atoms with E-state index in [1.165, 1.54) is 0 Å². The minimum Gasteiger partial charge on any atom is -0.341 e. The molecule has 3 nitrogen and oxygen atoms in total. The highest BCUT2D eigenvalue weighted by Crippen LogP contribution is 2.22. The molecule has 0 atom stereocenters. The molecule has 0 amide bonds. The van der Waals surface area contributed by atoms with E-state index in [-0.39, 0.29) is 0 Å². The van der Waals surface area contributed by atoms with E-state index in [0.29, 0.717) is 0 Å². The summed E-state index contributed by atoms with van der Waals surface area (Å²) < 4.78 is 2.16. The first-order chi connectivity index (χ1) is 8.29. The summed E-state index contributed by atoms with van der Waals surface area (Å²) in [5, 5.41) is 0.977. The van der Waals surface area contributed by atoms with E-state index >= 15 is 0 Å². The van der Waals surface area contributed by atoms with Crippen molar-refractivity contribution < 1.29 is 0 Å². The van der Waals surface area contributed by atoms with Gasteiger partial charge in [0.05, 0.1) is 27.8 Å². The van der Waals surface area contributed by atoms with Crippen LogP contribution in [0.15, 0.2) is 47.5 Å². The van der Waals surface area contributed by atoms with Crippen molar-refractivity contribution in [2.45, 2.75) is 0 Å². The number of aromatic nitrogens is 2. The van der Waals surface area contributed by atoms with Crippen LogP contribution in [0.3, 0.4) is 0 Å². The Kier molecular flexibility index (Phi) is 2.18. The van der Waals surface area contributed by atoms with Gasteiger partial charge in [-0.25, -0.2) is 4.98 Å². The summed E-state index contributed by atoms with van der Waals surface area (Å²) in [6.07, 6.45) is 0. The fraction of sp³-hybridized carbons (Fsp3) is 0.143. The Morgan fingerprint density at radius 3 is 2.76 bits per heavy atom. The van der Waals surface area contributed by atoms with Crippen LogP contribution < -0.4 is 5.36 Å². The van der Waals surface area contributed by atoms with Crippen molar-refractivity contribution in [1.29, 1.82) is 0 Å². The summed E-state index contributed by atoms with van der Waals surface area (Å²) in [5.74, 6) is 0. The third-order valence-electron chi connectivity index (χ3n) is 3.06. The first-order valence-corrected chi connectivity index (χ1v) is 5.58. The Morgan fingerprint density at radius 1 is 1.12 bits per heavy atom. The van der Waals surface area contributed by atoms with Crippen molar-refractivity contribution in [1.82, 2.24) is 9.55 Å². The van der Waals surface area contributed by atoms with Gasteiger partial charge >= 0.3 is 0 Å². The van der Waals surface area contributed by atoms with Gasteiger partial charge in [-0.05, 0) is 30.3 Å². The van der Waals surface area contributed by atoms with Gasteiger partial charge in [0.15, 0.2) is 0 Å². The molecule has 0 fully saturated rings. The zero-order valence-corrected chi connectivity index (χ0v) is 9.88. The predicted octanol–water partition coefficient (Wildman–Crippen LogP) is 2.21. The van der Waals surface area contributed by atoms with Gasteiger partial charge in [-0.2, -0.15) is 0 Å². The number of aryl methyl sites for hydroxylation is 1. The zero-order chi connectivity index (χ0) is 11.8. The average Bonchev–Trinajstić information content (AvgIpc) is 2.39. The molecule has 0 bridgehead atoms. The molecule has 3 rings (SSSR count). The normalized spacial score (nSPS) is 12.5. The summed E-state index contributed by atoms with van der Waals surface area (Å²) >= 11 is 0. The van der Waals surface area contributed by atoms with E-state index in [1.54, 1.807) is 7.05 Å². The molecule has 0 spiro atoms. The molecule has 1 heterocycles. The van der Waals surface area contributed by atoms with Gasteiger partial charge in [-0.1, -0.05) is 12.1 Å². The lowest BCUT2D eigenvalue weighted by molar-refractivity contribution is 0.943. The number of benzene rings is 2. The third kappa shape index (κ3) is 1.51. The summed E-state index contributed by atoms with van der Waals surface area (Å²) in [6.45, 7) is 0. The van der Waals surface area contributed by atoms with Crippen LogP contribution in [0.1, 0.15) is 0 Å². The second kappa shape index (κ2) is 3.70. The molecule has 0 saturated carbocycles. The fourth-order valence-electron chi connectivity index (χ4n) is 2.12. The van der Waals surface area contributed by atoms with E-state index in [0.717, 1.165) is 27.8 Å². The largest absolute Gasteiger partial charge is 0.341 e. The highest BCUT2D eigenvalue weighted by molar-refractivity contribution is 5.80. The first-order valence-electron chi connectivity index (χ1n) is 5.58. The molecule has 1 aromatic carbocycles. The molecule has 0 radical (unpaired) electrons. The lowest BCUT2D eigenvalue weighted by Gasteiger charge is -2.14. The topological polar surface area (TPSA) is 30.2 Å². The fourth-order valence-corrected chi connectivity index (χ4v) is 2.12. The number of hydrogen-bond donors (Lipinski definition) is 0. The standard InChI is InChI=1S/C14H13N3/c1-15-10-7-8-12-14(9-10)17(2)13-6-4-3-5-11(13)16-12/h3-9H,1-2H3. The monoisotopic (exact) mass is 223 g/mol. The molecule has 1 aliphatic heterocycles. The Hall–Kier alpha value is -2.16. The molecule has 84 valence electrons. The van der Waals surface area contributed by atoms with Gasteiger partial charge < -0.3 is 4.57 Å². The van der Waals surface area contributed by atoms with E-state index in [9.17, 15) is 0 Å². The average molecular weight is 223 g/mol. The zero-order valence-electron chi connectivity index (χ0n) is 9.88. The van der Waals surface area contributed by atoms with Crippen LogP contribution in [0.5, 0.6) is 0 Å². The maximum atomic E-state index is 4.65. The van der Waals surface area contributed by atoms with Crippen LogP contribution >= 0.6 is 0 Å². The SMILES string of the molecule is CN=c1ccc2nc3ccccc3n(C)c-2c1. The van der Waals surface area contributed by atoms with Crippen molar-refractivity contribution in [3.8, 4) is 11.4 Å². The van der Waals surface area contributed by atoms with Crippen LogP contribution in [0.25, 0.3) is 22.4 Å². The Labute approximate surface area is 99.4 Å². The summed E-state index contributed by atoms with van der Waals surface area (Å²) in [5.41, 5.74) is 4.25. The van der Waals surface area contributed by atoms with Gasteiger partial charge in [0.25, 0.3) is 0 Å². The molecule has 1 aliphatic carbocycles. The van der Waals surface area contributed by atoms with Crippen molar-refractivity contribution in [3.05, 3.63) is 47.8 Å². The van der Waals surface area contributed by atoms with Crippen molar-refractivity contribution >= 4 is 11.0 Å². The van der Waals surface area contributed by atoms with Gasteiger partial charge in [0.1, 0.15) is 0 Å². The third-order valence-corrected chi connectivity index (χ3v) is 3.06. The maximum absolute atomic E-state index is 4.65. The second-order valence-electron chi connectivity index (χ2n) is 4.06. The quantitative estimate of drug-likeness (QED) is 0.537. The molecule has 1 aromatic rings. The Balaban J connectivity index is 2.52. The van der Waals surface area contributed by atoms with E-state index in [2.05, 4.69) is 33.7 Å². The lowest BCUT2D eigenvalue weighted by Crippen LogP contribution is -2.08. The first kappa shape index (κ1) is 10.0. The smallest absolute Gasteiger partial charge is 0.0876 e. The van der Waals surface area contributed by atoms with Crippen LogP contribution in [0, 0.1) is 0 Å². The number of hydrogen-bond acceptors (Lipinski definition) is 2. The number of rotatable bonds is 0. The minimum atomic E-state index is 0.977. The summed E-state index contributed by atoms with van der Waals surface area (Å²) in [7, 11) is 3.86. The molecule has 0 saturated heterocycles. The Morgan fingerprint density at radius 2 is 1.94 bits per heavy atom. The molecule has 0 N–H and O–H groups in total. The van der Waals surface area contributed by atoms with E-state index < -0.39 is 0 Å². The number of fused-ring (bicyclic) bond motifs is 2. The van der Waals surface area contributed by atoms with Crippen LogP contribution in [-0.2, 0) is 7.05 Å². The lowest BCUT2D eigenvalue weighted by atomic mass is 10.1.